The largest absolute Gasteiger partial charge is 0.322 e. The number of carbonyl (C=O) groups is 3. The molecule has 3 aliphatic rings. The van der Waals surface area contributed by atoms with Gasteiger partial charge in [-0.3, -0.25) is 29.6 Å². The molecule has 1 aromatic heterocycles. The Kier molecular flexibility index (Phi) is 5.58. The molecule has 1 atom stereocenters. The number of hydrogen-bond donors (Lipinski definition) is 1. The van der Waals surface area contributed by atoms with Crippen LogP contribution in [0, 0.1) is 5.82 Å². The third kappa shape index (κ3) is 3.96. The van der Waals surface area contributed by atoms with Gasteiger partial charge in [-0.25, -0.2) is 4.39 Å². The summed E-state index contributed by atoms with van der Waals surface area (Å²) in [6.07, 6.45) is 2.09. The minimum Gasteiger partial charge on any atom is -0.322 e. The molecule has 9 heteroatoms. The molecule has 2 aromatic carbocycles. The van der Waals surface area contributed by atoms with E-state index in [1.54, 1.807) is 30.5 Å². The van der Waals surface area contributed by atoms with E-state index >= 15 is 4.39 Å². The highest BCUT2D eigenvalue weighted by atomic mass is 35.5. The van der Waals surface area contributed by atoms with Crippen molar-refractivity contribution in [1.29, 1.82) is 0 Å². The fourth-order valence-corrected chi connectivity index (χ4v) is 5.51. The van der Waals surface area contributed by atoms with Crippen molar-refractivity contribution in [3.8, 4) is 11.3 Å². The van der Waals surface area contributed by atoms with Crippen molar-refractivity contribution in [3.63, 3.8) is 0 Å². The Morgan fingerprint density at radius 2 is 1.83 bits per heavy atom. The van der Waals surface area contributed by atoms with E-state index in [1.165, 1.54) is 10.5 Å². The number of benzene rings is 2. The number of halogens is 2. The molecule has 0 aliphatic carbocycles. The SMILES string of the molecule is O=C1CCC(N2Cc3cc(-c4nccc(CN5Cc6ccc(Cl)cc6C5)c4F)ccc3C2=O)C(=O)N1. The average molecular weight is 505 g/mol. The van der Waals surface area contributed by atoms with E-state index in [4.69, 9.17) is 11.6 Å². The topological polar surface area (TPSA) is 82.6 Å². The Balaban J connectivity index is 1.23. The number of pyridine rings is 1. The van der Waals surface area contributed by atoms with Gasteiger partial charge >= 0.3 is 0 Å². The summed E-state index contributed by atoms with van der Waals surface area (Å²) in [5, 5.41) is 2.99. The molecule has 1 N–H and O–H groups in total. The Hall–Kier alpha value is -3.62. The molecule has 7 nitrogen and oxygen atoms in total. The summed E-state index contributed by atoms with van der Waals surface area (Å²) in [6.45, 7) is 2.08. The van der Waals surface area contributed by atoms with E-state index in [-0.39, 0.29) is 30.5 Å². The average Bonchev–Trinajstić information content (AvgIpc) is 3.40. The van der Waals surface area contributed by atoms with Crippen molar-refractivity contribution in [2.75, 3.05) is 0 Å². The highest BCUT2D eigenvalue weighted by molar-refractivity contribution is 6.30. The maximum Gasteiger partial charge on any atom is 0.255 e. The smallest absolute Gasteiger partial charge is 0.255 e. The van der Waals surface area contributed by atoms with Crippen LogP contribution in [0.5, 0.6) is 0 Å². The van der Waals surface area contributed by atoms with Gasteiger partial charge in [0, 0.05) is 60.5 Å². The number of carbonyl (C=O) groups excluding carboxylic acids is 3. The third-order valence-electron chi connectivity index (χ3n) is 7.12. The summed E-state index contributed by atoms with van der Waals surface area (Å²) in [4.78, 5) is 44.7. The van der Waals surface area contributed by atoms with Crippen molar-refractivity contribution in [1.82, 2.24) is 20.1 Å². The number of hydrogen-bond acceptors (Lipinski definition) is 5. The molecule has 0 radical (unpaired) electrons. The molecule has 0 bridgehead atoms. The van der Waals surface area contributed by atoms with Crippen molar-refractivity contribution in [2.24, 2.45) is 0 Å². The molecule has 0 saturated carbocycles. The lowest BCUT2D eigenvalue weighted by Crippen LogP contribution is -2.52. The number of aromatic nitrogens is 1. The lowest BCUT2D eigenvalue weighted by atomic mass is 10.0. The van der Waals surface area contributed by atoms with Crippen LogP contribution in [0.1, 0.15) is 45.5 Å². The minimum atomic E-state index is -0.691. The molecule has 36 heavy (non-hydrogen) atoms. The van der Waals surface area contributed by atoms with E-state index in [0.717, 1.165) is 12.1 Å². The molecular formula is C27H22ClFN4O3. The van der Waals surface area contributed by atoms with Crippen LogP contribution in [0.4, 0.5) is 4.39 Å². The van der Waals surface area contributed by atoms with Crippen LogP contribution in [0.2, 0.25) is 5.02 Å². The van der Waals surface area contributed by atoms with Crippen molar-refractivity contribution < 1.29 is 18.8 Å². The zero-order valence-electron chi connectivity index (χ0n) is 19.3. The monoisotopic (exact) mass is 504 g/mol. The van der Waals surface area contributed by atoms with Crippen molar-refractivity contribution in [2.45, 2.75) is 45.1 Å². The normalized spacial score (nSPS) is 19.4. The van der Waals surface area contributed by atoms with Gasteiger partial charge in [-0.2, -0.15) is 0 Å². The predicted octanol–water partition coefficient (Wildman–Crippen LogP) is 3.82. The number of amides is 3. The second-order valence-corrected chi connectivity index (χ2v) is 9.90. The van der Waals surface area contributed by atoms with Crippen LogP contribution in [-0.4, -0.2) is 38.5 Å². The van der Waals surface area contributed by atoms with Gasteiger partial charge in [-0.05, 0) is 53.4 Å². The third-order valence-corrected chi connectivity index (χ3v) is 7.35. The molecule has 4 heterocycles. The van der Waals surface area contributed by atoms with Gasteiger partial charge in [0.15, 0.2) is 5.82 Å². The molecule has 1 unspecified atom stereocenters. The number of imide groups is 1. The lowest BCUT2D eigenvalue weighted by Gasteiger charge is -2.29. The first-order chi connectivity index (χ1) is 17.4. The molecule has 3 aromatic rings. The fourth-order valence-electron chi connectivity index (χ4n) is 5.32. The van der Waals surface area contributed by atoms with E-state index in [9.17, 15) is 14.4 Å². The number of nitrogens with one attached hydrogen (secondary N) is 1. The second kappa shape index (κ2) is 8.80. The highest BCUT2D eigenvalue weighted by Gasteiger charge is 2.39. The quantitative estimate of drug-likeness (QED) is 0.546. The van der Waals surface area contributed by atoms with Crippen molar-refractivity contribution in [3.05, 3.63) is 87.3 Å². The Morgan fingerprint density at radius 3 is 2.67 bits per heavy atom. The summed E-state index contributed by atoms with van der Waals surface area (Å²) >= 11 is 6.12. The molecule has 3 amide bonds. The van der Waals surface area contributed by atoms with Gasteiger partial charge in [0.1, 0.15) is 11.7 Å². The van der Waals surface area contributed by atoms with Crippen LogP contribution in [-0.2, 0) is 35.8 Å². The number of rotatable bonds is 4. The van der Waals surface area contributed by atoms with Gasteiger partial charge < -0.3 is 4.90 Å². The highest BCUT2D eigenvalue weighted by Crippen LogP contribution is 2.33. The first-order valence-corrected chi connectivity index (χ1v) is 12.2. The van der Waals surface area contributed by atoms with Crippen LogP contribution in [0.25, 0.3) is 11.3 Å². The van der Waals surface area contributed by atoms with Gasteiger partial charge in [0.05, 0.1) is 0 Å². The fraction of sp³-hybridized carbons (Fsp3) is 0.259. The van der Waals surface area contributed by atoms with E-state index < -0.39 is 17.8 Å². The number of fused-ring (bicyclic) bond motifs is 2. The van der Waals surface area contributed by atoms with Crippen LogP contribution >= 0.6 is 11.6 Å². The van der Waals surface area contributed by atoms with Crippen LogP contribution in [0.3, 0.4) is 0 Å². The number of piperidine rings is 1. The van der Waals surface area contributed by atoms with E-state index in [1.807, 2.05) is 18.2 Å². The van der Waals surface area contributed by atoms with E-state index in [0.29, 0.717) is 46.8 Å². The molecular weight excluding hydrogens is 483 g/mol. The van der Waals surface area contributed by atoms with Gasteiger partial charge in [-0.1, -0.05) is 23.7 Å². The first kappa shape index (κ1) is 22.8. The molecule has 1 fully saturated rings. The minimum absolute atomic E-state index is 0.193. The lowest BCUT2D eigenvalue weighted by molar-refractivity contribution is -0.136. The van der Waals surface area contributed by atoms with Gasteiger partial charge in [0.2, 0.25) is 11.8 Å². The first-order valence-electron chi connectivity index (χ1n) is 11.8. The second-order valence-electron chi connectivity index (χ2n) is 9.46. The number of nitrogens with zero attached hydrogens (tertiary/aromatic N) is 3. The summed E-state index contributed by atoms with van der Waals surface area (Å²) in [7, 11) is 0. The molecule has 3 aliphatic heterocycles. The maximum absolute atomic E-state index is 15.6. The molecule has 1 saturated heterocycles. The standard InChI is InChI=1S/C27H22ClFN4O3/c28-20-3-1-16-11-32(13-18(16)10-20)12-17-7-8-30-25(24(17)29)15-2-4-21-19(9-15)14-33(27(21)36)22-5-6-23(34)31-26(22)35/h1-4,7-10,22H,5-6,11-14H2,(H,31,34,35). The Bertz CT molecular complexity index is 1440. The summed E-state index contributed by atoms with van der Waals surface area (Å²) in [6, 6.07) is 11.9. The summed E-state index contributed by atoms with van der Waals surface area (Å²) < 4.78 is 15.6. The van der Waals surface area contributed by atoms with Crippen LogP contribution < -0.4 is 5.32 Å². The van der Waals surface area contributed by atoms with Gasteiger partial charge in [0.25, 0.3) is 5.91 Å². The van der Waals surface area contributed by atoms with Crippen molar-refractivity contribution >= 4 is 29.3 Å². The zero-order valence-corrected chi connectivity index (χ0v) is 20.0. The molecule has 182 valence electrons. The van der Waals surface area contributed by atoms with Gasteiger partial charge in [-0.15, -0.1) is 0 Å². The Labute approximate surface area is 211 Å². The van der Waals surface area contributed by atoms with E-state index in [2.05, 4.69) is 15.2 Å². The molecule has 6 rings (SSSR count). The maximum atomic E-state index is 15.6. The Morgan fingerprint density at radius 1 is 1.00 bits per heavy atom. The van der Waals surface area contributed by atoms with Crippen LogP contribution in [0.15, 0.2) is 48.7 Å². The summed E-state index contributed by atoms with van der Waals surface area (Å²) in [5.41, 5.74) is 4.87. The molecule has 0 spiro atoms. The predicted molar refractivity (Wildman–Crippen MR) is 130 cm³/mol. The zero-order chi connectivity index (χ0) is 25.0. The summed E-state index contributed by atoms with van der Waals surface area (Å²) in [5.74, 6) is -1.44.